The summed E-state index contributed by atoms with van der Waals surface area (Å²) in [4.78, 5) is 2.57. The molecule has 4 nitrogen and oxygen atoms in total. The van der Waals surface area contributed by atoms with Gasteiger partial charge in [-0.2, -0.15) is 5.10 Å². The summed E-state index contributed by atoms with van der Waals surface area (Å²) in [6.45, 7) is 8.77. The first-order valence-corrected chi connectivity index (χ1v) is 7.51. The van der Waals surface area contributed by atoms with Gasteiger partial charge in [-0.05, 0) is 55.7 Å². The van der Waals surface area contributed by atoms with Gasteiger partial charge in [-0.25, -0.2) is 0 Å². The van der Waals surface area contributed by atoms with E-state index in [-0.39, 0.29) is 0 Å². The standard InChI is InChI=1S/C13H23BrN4/c1-10(18-6-4-5-7-18)8-15-9-12-13(14)11(2)16-17(12)3/h10,15H,4-9H2,1-3H3. The molecule has 0 saturated carbocycles. The van der Waals surface area contributed by atoms with Crippen molar-refractivity contribution in [3.8, 4) is 0 Å². The van der Waals surface area contributed by atoms with Crippen molar-refractivity contribution in [3.63, 3.8) is 0 Å². The van der Waals surface area contributed by atoms with Crippen LogP contribution in [-0.4, -0.2) is 40.4 Å². The molecule has 0 radical (unpaired) electrons. The Morgan fingerprint density at radius 2 is 2.06 bits per heavy atom. The first-order chi connectivity index (χ1) is 8.59. The Labute approximate surface area is 118 Å². The molecule has 102 valence electrons. The summed E-state index contributed by atoms with van der Waals surface area (Å²) in [6.07, 6.45) is 2.72. The van der Waals surface area contributed by atoms with E-state index in [2.05, 4.69) is 38.2 Å². The van der Waals surface area contributed by atoms with Crippen molar-refractivity contribution in [3.05, 3.63) is 15.9 Å². The predicted molar refractivity (Wildman–Crippen MR) is 77.6 cm³/mol. The number of likely N-dealkylation sites (tertiary alicyclic amines) is 1. The fourth-order valence-corrected chi connectivity index (χ4v) is 3.06. The summed E-state index contributed by atoms with van der Waals surface area (Å²) in [5.74, 6) is 0. The highest BCUT2D eigenvalue weighted by Crippen LogP contribution is 2.19. The van der Waals surface area contributed by atoms with E-state index >= 15 is 0 Å². The number of rotatable bonds is 5. The maximum absolute atomic E-state index is 4.41. The van der Waals surface area contributed by atoms with Gasteiger partial charge in [0.2, 0.25) is 0 Å². The van der Waals surface area contributed by atoms with Crippen LogP contribution in [0.3, 0.4) is 0 Å². The minimum Gasteiger partial charge on any atom is -0.310 e. The fourth-order valence-electron chi connectivity index (χ4n) is 2.58. The lowest BCUT2D eigenvalue weighted by Gasteiger charge is -2.24. The molecule has 2 heterocycles. The second-order valence-electron chi connectivity index (χ2n) is 5.19. The van der Waals surface area contributed by atoms with Crippen molar-refractivity contribution in [1.29, 1.82) is 0 Å². The van der Waals surface area contributed by atoms with Crippen LogP contribution >= 0.6 is 15.9 Å². The largest absolute Gasteiger partial charge is 0.310 e. The lowest BCUT2D eigenvalue weighted by atomic mass is 10.3. The smallest absolute Gasteiger partial charge is 0.0739 e. The molecule has 1 aliphatic rings. The molecule has 5 heteroatoms. The molecule has 1 atom stereocenters. The number of hydrogen-bond acceptors (Lipinski definition) is 3. The third kappa shape index (κ3) is 3.13. The normalized spacial score (nSPS) is 18.4. The zero-order chi connectivity index (χ0) is 13.1. The highest BCUT2D eigenvalue weighted by Gasteiger charge is 2.18. The maximum Gasteiger partial charge on any atom is 0.0739 e. The Morgan fingerprint density at radius 1 is 1.39 bits per heavy atom. The van der Waals surface area contributed by atoms with Gasteiger partial charge in [0.15, 0.2) is 0 Å². The number of halogens is 1. The predicted octanol–water partition coefficient (Wildman–Crippen LogP) is 2.06. The molecular weight excluding hydrogens is 292 g/mol. The summed E-state index contributed by atoms with van der Waals surface area (Å²) in [5.41, 5.74) is 2.28. The second kappa shape index (κ2) is 6.17. The van der Waals surface area contributed by atoms with E-state index in [1.165, 1.54) is 31.6 Å². The molecule has 2 rings (SSSR count). The van der Waals surface area contributed by atoms with E-state index in [1.807, 2.05) is 18.7 Å². The minimum atomic E-state index is 0.626. The average molecular weight is 315 g/mol. The van der Waals surface area contributed by atoms with Crippen LogP contribution in [0, 0.1) is 6.92 Å². The Bertz CT molecular complexity index is 396. The van der Waals surface area contributed by atoms with Gasteiger partial charge >= 0.3 is 0 Å². The maximum atomic E-state index is 4.41. The van der Waals surface area contributed by atoms with Crippen LogP contribution in [0.1, 0.15) is 31.2 Å². The summed E-state index contributed by atoms with van der Waals surface area (Å²) in [6, 6.07) is 0.626. The van der Waals surface area contributed by atoms with E-state index in [9.17, 15) is 0 Å². The van der Waals surface area contributed by atoms with Crippen molar-refractivity contribution in [2.45, 2.75) is 39.3 Å². The number of nitrogens with one attached hydrogen (secondary N) is 1. The van der Waals surface area contributed by atoms with Crippen molar-refractivity contribution in [2.75, 3.05) is 19.6 Å². The van der Waals surface area contributed by atoms with Crippen molar-refractivity contribution < 1.29 is 0 Å². The third-order valence-corrected chi connectivity index (χ3v) is 4.79. The van der Waals surface area contributed by atoms with E-state index in [0.29, 0.717) is 6.04 Å². The molecule has 0 amide bonds. The van der Waals surface area contributed by atoms with Crippen LogP contribution in [0.25, 0.3) is 0 Å². The summed E-state index contributed by atoms with van der Waals surface area (Å²) < 4.78 is 3.08. The Balaban J connectivity index is 1.81. The molecular formula is C13H23BrN4. The van der Waals surface area contributed by atoms with Crippen LogP contribution in [0.15, 0.2) is 4.47 Å². The summed E-state index contributed by atoms with van der Waals surface area (Å²) in [5, 5.41) is 7.95. The number of nitrogens with zero attached hydrogens (tertiary/aromatic N) is 3. The molecule has 0 aromatic carbocycles. The molecule has 1 aliphatic heterocycles. The quantitative estimate of drug-likeness (QED) is 0.903. The molecule has 18 heavy (non-hydrogen) atoms. The first kappa shape index (κ1) is 14.0. The molecule has 1 fully saturated rings. The van der Waals surface area contributed by atoms with E-state index < -0.39 is 0 Å². The second-order valence-corrected chi connectivity index (χ2v) is 5.99. The van der Waals surface area contributed by atoms with Gasteiger partial charge in [0.25, 0.3) is 0 Å². The van der Waals surface area contributed by atoms with Crippen molar-refractivity contribution in [1.82, 2.24) is 20.0 Å². The summed E-state index contributed by atoms with van der Waals surface area (Å²) in [7, 11) is 2.00. The molecule has 0 spiro atoms. The lowest BCUT2D eigenvalue weighted by Crippen LogP contribution is -2.38. The third-order valence-electron chi connectivity index (χ3n) is 3.76. The number of aryl methyl sites for hydroxylation is 2. The van der Waals surface area contributed by atoms with Gasteiger partial charge < -0.3 is 5.32 Å². The first-order valence-electron chi connectivity index (χ1n) is 6.72. The molecule has 1 aromatic rings. The highest BCUT2D eigenvalue weighted by atomic mass is 79.9. The zero-order valence-electron chi connectivity index (χ0n) is 11.5. The van der Waals surface area contributed by atoms with Gasteiger partial charge in [-0.3, -0.25) is 9.58 Å². The SMILES string of the molecule is Cc1nn(C)c(CNCC(C)N2CCCC2)c1Br. The fraction of sp³-hybridized carbons (Fsp3) is 0.769. The van der Waals surface area contributed by atoms with Crippen LogP contribution in [0.5, 0.6) is 0 Å². The Morgan fingerprint density at radius 3 is 2.61 bits per heavy atom. The highest BCUT2D eigenvalue weighted by molar-refractivity contribution is 9.10. The average Bonchev–Trinajstić information content (AvgIpc) is 2.93. The molecule has 1 saturated heterocycles. The van der Waals surface area contributed by atoms with Crippen LogP contribution in [-0.2, 0) is 13.6 Å². The van der Waals surface area contributed by atoms with E-state index in [4.69, 9.17) is 0 Å². The van der Waals surface area contributed by atoms with Crippen molar-refractivity contribution in [2.24, 2.45) is 7.05 Å². The number of aromatic nitrogens is 2. The molecule has 1 N–H and O–H groups in total. The lowest BCUT2D eigenvalue weighted by molar-refractivity contribution is 0.251. The monoisotopic (exact) mass is 314 g/mol. The van der Waals surface area contributed by atoms with Gasteiger partial charge in [0, 0.05) is 26.2 Å². The van der Waals surface area contributed by atoms with E-state index in [0.717, 1.165) is 23.3 Å². The summed E-state index contributed by atoms with van der Waals surface area (Å²) >= 11 is 3.60. The Kier molecular flexibility index (Phi) is 4.81. The van der Waals surface area contributed by atoms with Crippen LogP contribution in [0.4, 0.5) is 0 Å². The number of hydrogen-bond donors (Lipinski definition) is 1. The molecule has 0 bridgehead atoms. The van der Waals surface area contributed by atoms with Gasteiger partial charge in [0.05, 0.1) is 15.9 Å². The molecule has 1 unspecified atom stereocenters. The van der Waals surface area contributed by atoms with Gasteiger partial charge in [0.1, 0.15) is 0 Å². The van der Waals surface area contributed by atoms with Gasteiger partial charge in [-0.1, -0.05) is 0 Å². The molecule has 0 aliphatic carbocycles. The topological polar surface area (TPSA) is 33.1 Å². The van der Waals surface area contributed by atoms with Crippen LogP contribution < -0.4 is 5.32 Å². The zero-order valence-corrected chi connectivity index (χ0v) is 13.1. The minimum absolute atomic E-state index is 0.626. The molecule has 1 aromatic heterocycles. The van der Waals surface area contributed by atoms with Crippen LogP contribution in [0.2, 0.25) is 0 Å². The Hall–Kier alpha value is -0.390. The van der Waals surface area contributed by atoms with Gasteiger partial charge in [-0.15, -0.1) is 0 Å². The van der Waals surface area contributed by atoms with Crippen molar-refractivity contribution >= 4 is 15.9 Å². The van der Waals surface area contributed by atoms with E-state index in [1.54, 1.807) is 0 Å².